The van der Waals surface area contributed by atoms with E-state index in [-0.39, 0.29) is 22.3 Å². The molecule has 10 atom stereocenters. The van der Waals surface area contributed by atoms with Gasteiger partial charge in [-0.25, -0.2) is 0 Å². The molecule has 2 heterocycles. The number of aryl methyl sites for hydroxylation is 1. The molecular weight excluding hydrogens is 564 g/mol. The number of aromatic hydroxyl groups is 2. The normalized spacial score (nSPS) is 34.6. The van der Waals surface area contributed by atoms with E-state index in [0.29, 0.717) is 5.56 Å². The van der Waals surface area contributed by atoms with Gasteiger partial charge >= 0.3 is 0 Å². The van der Waals surface area contributed by atoms with Gasteiger partial charge in [0.1, 0.15) is 66.1 Å². The molecular formula is C27H30O15. The molecule has 2 saturated heterocycles. The van der Waals surface area contributed by atoms with Crippen LogP contribution in [0.5, 0.6) is 17.2 Å². The third-order valence-corrected chi connectivity index (χ3v) is 7.48. The summed E-state index contributed by atoms with van der Waals surface area (Å²) in [5.41, 5.74) is -0.467. The molecule has 0 spiro atoms. The average Bonchev–Trinajstić information content (AvgIpc) is 2.94. The second-order valence-electron chi connectivity index (χ2n) is 10.4. The maximum atomic E-state index is 13.5. The van der Waals surface area contributed by atoms with Gasteiger partial charge in [0, 0.05) is 17.2 Å². The number of fused-ring (bicyclic) bond motifs is 2. The fraction of sp³-hybridized carbons (Fsp3) is 0.481. The van der Waals surface area contributed by atoms with Crippen molar-refractivity contribution in [2.75, 3.05) is 13.2 Å². The monoisotopic (exact) mass is 594 g/mol. The number of aliphatic hydroxyl groups is 7. The maximum Gasteiger partial charge on any atom is 0.229 e. The average molecular weight is 595 g/mol. The van der Waals surface area contributed by atoms with E-state index < -0.39 is 103 Å². The third-order valence-electron chi connectivity index (χ3n) is 7.48. The molecule has 15 heteroatoms. The Morgan fingerprint density at radius 3 is 1.98 bits per heavy atom. The summed E-state index contributed by atoms with van der Waals surface area (Å²) in [6, 6.07) is 4.71. The first-order valence-corrected chi connectivity index (χ1v) is 12.9. The quantitative estimate of drug-likeness (QED) is 0.140. The molecule has 2 aromatic carbocycles. The van der Waals surface area contributed by atoms with Crippen LogP contribution in [0.3, 0.4) is 0 Å². The summed E-state index contributed by atoms with van der Waals surface area (Å²) in [6.45, 7) is 0.263. The van der Waals surface area contributed by atoms with E-state index in [4.69, 9.17) is 18.9 Å². The molecule has 0 amide bonds. The molecule has 1 aliphatic carbocycles. The molecule has 5 rings (SSSR count). The van der Waals surface area contributed by atoms with Crippen LogP contribution in [0, 0.1) is 6.92 Å². The number of carbonyl (C=O) groups is 2. The Morgan fingerprint density at radius 1 is 0.714 bits per heavy atom. The second kappa shape index (κ2) is 11.5. The van der Waals surface area contributed by atoms with Crippen molar-refractivity contribution in [2.45, 2.75) is 68.3 Å². The predicted octanol–water partition coefficient (Wildman–Crippen LogP) is -2.82. The van der Waals surface area contributed by atoms with Crippen molar-refractivity contribution in [1.29, 1.82) is 0 Å². The van der Waals surface area contributed by atoms with Crippen molar-refractivity contribution in [2.24, 2.45) is 0 Å². The number of ether oxygens (including phenoxy) is 4. The molecule has 0 radical (unpaired) electrons. The molecule has 10 unspecified atom stereocenters. The Kier molecular flexibility index (Phi) is 8.25. The molecule has 3 aliphatic rings. The number of rotatable bonds is 6. The van der Waals surface area contributed by atoms with Gasteiger partial charge in [0.05, 0.1) is 24.3 Å². The van der Waals surface area contributed by atoms with Crippen LogP contribution < -0.4 is 4.74 Å². The minimum absolute atomic E-state index is 0.0838. The van der Waals surface area contributed by atoms with Crippen molar-refractivity contribution in [3.63, 3.8) is 0 Å². The zero-order valence-corrected chi connectivity index (χ0v) is 22.0. The first-order valence-electron chi connectivity index (χ1n) is 12.9. The Labute approximate surface area is 237 Å². The zero-order valence-electron chi connectivity index (χ0n) is 22.0. The maximum absolute atomic E-state index is 13.5. The number of benzene rings is 2. The highest BCUT2D eigenvalue weighted by atomic mass is 16.7. The smallest absolute Gasteiger partial charge is 0.229 e. The van der Waals surface area contributed by atoms with Gasteiger partial charge in [0.25, 0.3) is 0 Å². The van der Waals surface area contributed by atoms with E-state index in [2.05, 4.69) is 0 Å². The van der Waals surface area contributed by atoms with Gasteiger partial charge in [-0.05, 0) is 30.7 Å². The first kappa shape index (κ1) is 30.2. The molecule has 228 valence electrons. The zero-order chi connectivity index (χ0) is 30.6. The van der Waals surface area contributed by atoms with E-state index in [1.807, 2.05) is 0 Å². The fourth-order valence-corrected chi connectivity index (χ4v) is 5.23. The summed E-state index contributed by atoms with van der Waals surface area (Å²) in [4.78, 5) is 26.7. The summed E-state index contributed by atoms with van der Waals surface area (Å²) in [6.07, 6.45) is -16.9. The van der Waals surface area contributed by atoms with Crippen LogP contribution in [0.1, 0.15) is 37.4 Å². The lowest BCUT2D eigenvalue weighted by atomic mass is 9.82. The minimum Gasteiger partial charge on any atom is -0.508 e. The molecule has 2 fully saturated rings. The van der Waals surface area contributed by atoms with Crippen molar-refractivity contribution in [1.82, 2.24) is 0 Å². The van der Waals surface area contributed by atoms with Crippen molar-refractivity contribution < 1.29 is 74.5 Å². The second-order valence-corrected chi connectivity index (χ2v) is 10.4. The SMILES string of the molecule is Cc1cc(O)c2c(c1)C(=O)c1cc(O)cc(OC3OC(COC4OC(CO)C(O)C(O)C4O)C(O)C(O)C3O)c1C2=O. The van der Waals surface area contributed by atoms with Crippen molar-refractivity contribution >= 4 is 11.6 Å². The predicted molar refractivity (Wildman–Crippen MR) is 135 cm³/mol. The first-order chi connectivity index (χ1) is 19.8. The summed E-state index contributed by atoms with van der Waals surface area (Å²) >= 11 is 0. The lowest BCUT2D eigenvalue weighted by Gasteiger charge is -2.42. The van der Waals surface area contributed by atoms with Crippen LogP contribution in [0.15, 0.2) is 24.3 Å². The van der Waals surface area contributed by atoms with Crippen LogP contribution in [0.4, 0.5) is 0 Å². The topological polar surface area (TPSA) is 253 Å². The molecule has 0 bridgehead atoms. The number of phenolic OH excluding ortho intramolecular Hbond substituents is 2. The van der Waals surface area contributed by atoms with Crippen LogP contribution in [0.2, 0.25) is 0 Å². The highest BCUT2D eigenvalue weighted by Crippen LogP contribution is 2.40. The van der Waals surface area contributed by atoms with Gasteiger partial charge in [-0.3, -0.25) is 9.59 Å². The van der Waals surface area contributed by atoms with Crippen LogP contribution >= 0.6 is 0 Å². The van der Waals surface area contributed by atoms with Crippen molar-refractivity contribution in [3.8, 4) is 17.2 Å². The lowest BCUT2D eigenvalue weighted by molar-refractivity contribution is -0.323. The van der Waals surface area contributed by atoms with Gasteiger partial charge in [-0.1, -0.05) is 0 Å². The fourth-order valence-electron chi connectivity index (χ4n) is 5.23. The standard InChI is InChI=1S/C27H30O15/c1-8-2-10-16(12(30)3-8)21(34)17-11(18(10)31)4-9(29)5-13(17)40-27-25(38)23(36)20(33)15(42-27)7-39-26-24(37)22(35)19(32)14(6-28)41-26/h2-5,14-15,19-20,22-30,32-33,35-38H,6-7H2,1H3. The summed E-state index contributed by atoms with van der Waals surface area (Å²) in [5.74, 6) is -2.88. The molecule has 9 N–H and O–H groups in total. The van der Waals surface area contributed by atoms with Gasteiger partial charge in [0.15, 0.2) is 12.1 Å². The van der Waals surface area contributed by atoms with Crippen LogP contribution in [-0.2, 0) is 14.2 Å². The Morgan fingerprint density at radius 2 is 1.31 bits per heavy atom. The third kappa shape index (κ3) is 5.13. The molecule has 0 saturated carbocycles. The summed E-state index contributed by atoms with van der Waals surface area (Å²) in [5, 5.41) is 91.7. The number of ketones is 2. The highest BCUT2D eigenvalue weighted by molar-refractivity contribution is 6.30. The van der Waals surface area contributed by atoms with E-state index in [1.54, 1.807) is 6.92 Å². The largest absolute Gasteiger partial charge is 0.508 e. The number of carbonyl (C=O) groups excluding carboxylic acids is 2. The number of hydrogen-bond donors (Lipinski definition) is 9. The summed E-state index contributed by atoms with van der Waals surface area (Å²) < 4.78 is 21.9. The number of aliphatic hydroxyl groups excluding tert-OH is 7. The van der Waals surface area contributed by atoms with Gasteiger partial charge < -0.3 is 64.9 Å². The van der Waals surface area contributed by atoms with Crippen molar-refractivity contribution in [3.05, 3.63) is 52.1 Å². The Hall–Kier alpha value is -3.22. The van der Waals surface area contributed by atoms with Gasteiger partial charge in [-0.2, -0.15) is 0 Å². The van der Waals surface area contributed by atoms with E-state index in [0.717, 1.165) is 12.1 Å². The molecule has 42 heavy (non-hydrogen) atoms. The summed E-state index contributed by atoms with van der Waals surface area (Å²) in [7, 11) is 0. The number of phenols is 2. The minimum atomic E-state index is -1.92. The van der Waals surface area contributed by atoms with E-state index in [1.165, 1.54) is 12.1 Å². The Balaban J connectivity index is 1.39. The highest BCUT2D eigenvalue weighted by Gasteiger charge is 2.48. The molecule has 15 nitrogen and oxygen atoms in total. The van der Waals surface area contributed by atoms with Gasteiger partial charge in [-0.15, -0.1) is 0 Å². The Bertz CT molecular complexity index is 1380. The molecule has 2 aliphatic heterocycles. The van der Waals surface area contributed by atoms with E-state index >= 15 is 0 Å². The van der Waals surface area contributed by atoms with Gasteiger partial charge in [0.2, 0.25) is 12.1 Å². The molecule has 2 aromatic rings. The number of hydrogen-bond acceptors (Lipinski definition) is 15. The van der Waals surface area contributed by atoms with Crippen LogP contribution in [0.25, 0.3) is 0 Å². The van der Waals surface area contributed by atoms with Crippen LogP contribution in [-0.4, -0.2) is 132 Å². The van der Waals surface area contributed by atoms with E-state index in [9.17, 15) is 55.5 Å². The lowest BCUT2D eigenvalue weighted by Crippen LogP contribution is -2.62. The molecule has 0 aromatic heterocycles.